The number of likely N-dealkylation sites (N-methyl/N-ethyl adjacent to an activating group) is 1. The summed E-state index contributed by atoms with van der Waals surface area (Å²) in [4.78, 5) is 12.6. The Kier molecular flexibility index (Phi) is 6.67. The van der Waals surface area contributed by atoms with Gasteiger partial charge in [0, 0.05) is 7.05 Å². The second-order valence-electron chi connectivity index (χ2n) is 8.24. The fraction of sp³-hybridized carbons (Fsp3) is 0.409. The molecule has 0 fully saturated rings. The highest BCUT2D eigenvalue weighted by atomic mass is 32.2. The molecule has 0 aliphatic heterocycles. The number of sulfonamides is 1. The predicted octanol–water partition coefficient (Wildman–Crippen LogP) is 3.79. The average Bonchev–Trinajstić information content (AvgIpc) is 2.61. The van der Waals surface area contributed by atoms with Gasteiger partial charge in [-0.15, -0.1) is 0 Å². The van der Waals surface area contributed by atoms with Gasteiger partial charge in [0.25, 0.3) is 0 Å². The van der Waals surface area contributed by atoms with E-state index in [9.17, 15) is 13.2 Å². The van der Waals surface area contributed by atoms with Crippen LogP contribution < -0.4 is 5.32 Å². The minimum Gasteiger partial charge on any atom is -0.348 e. The van der Waals surface area contributed by atoms with Gasteiger partial charge in [0.1, 0.15) is 0 Å². The van der Waals surface area contributed by atoms with Gasteiger partial charge in [0.15, 0.2) is 0 Å². The van der Waals surface area contributed by atoms with Crippen molar-refractivity contribution in [3.05, 3.63) is 65.2 Å². The van der Waals surface area contributed by atoms with Crippen molar-refractivity contribution >= 4 is 15.9 Å². The Morgan fingerprint density at radius 2 is 1.57 bits per heavy atom. The van der Waals surface area contributed by atoms with Crippen LogP contribution in [-0.2, 0) is 20.2 Å². The van der Waals surface area contributed by atoms with E-state index in [4.69, 9.17) is 0 Å². The van der Waals surface area contributed by atoms with Gasteiger partial charge in [0.2, 0.25) is 15.9 Å². The number of nitrogens with zero attached hydrogens (tertiary/aromatic N) is 1. The summed E-state index contributed by atoms with van der Waals surface area (Å²) in [7, 11) is -2.29. The molecule has 5 nitrogen and oxygen atoms in total. The van der Waals surface area contributed by atoms with Gasteiger partial charge in [-0.2, -0.15) is 4.31 Å². The molecule has 2 aromatic rings. The first-order valence-electron chi connectivity index (χ1n) is 9.34. The molecule has 0 bridgehead atoms. The summed E-state index contributed by atoms with van der Waals surface area (Å²) >= 11 is 0. The van der Waals surface area contributed by atoms with Gasteiger partial charge >= 0.3 is 0 Å². The standard InChI is InChI=1S/C22H30N2O3S/c1-16-7-13-20(14-8-16)28(26,27)24(6)15-21(25)23-17(2)18-9-11-19(12-10-18)22(3,4)5/h7-14,17H,15H2,1-6H3,(H,23,25)/t17-/m1/s1. The molecule has 0 spiro atoms. The van der Waals surface area contributed by atoms with Crippen LogP contribution in [0.5, 0.6) is 0 Å². The van der Waals surface area contributed by atoms with E-state index in [1.165, 1.54) is 12.6 Å². The first kappa shape index (κ1) is 22.1. The van der Waals surface area contributed by atoms with Crippen LogP contribution in [0, 0.1) is 6.92 Å². The number of benzene rings is 2. The third-order valence-electron chi connectivity index (χ3n) is 4.75. The van der Waals surface area contributed by atoms with Crippen molar-refractivity contribution in [2.45, 2.75) is 51.0 Å². The number of amides is 1. The van der Waals surface area contributed by atoms with Gasteiger partial charge in [-0.05, 0) is 42.5 Å². The molecular formula is C22H30N2O3S. The highest BCUT2D eigenvalue weighted by Gasteiger charge is 2.23. The summed E-state index contributed by atoms with van der Waals surface area (Å²) in [5.74, 6) is -0.342. The highest BCUT2D eigenvalue weighted by Crippen LogP contribution is 2.24. The Morgan fingerprint density at radius 1 is 1.04 bits per heavy atom. The molecule has 0 unspecified atom stereocenters. The smallest absolute Gasteiger partial charge is 0.243 e. The molecule has 6 heteroatoms. The Bertz CT molecular complexity index is 912. The number of rotatable bonds is 6. The lowest BCUT2D eigenvalue weighted by Crippen LogP contribution is -2.39. The molecule has 0 aromatic heterocycles. The zero-order valence-corrected chi connectivity index (χ0v) is 18.3. The third kappa shape index (κ3) is 5.42. The maximum absolute atomic E-state index is 12.6. The largest absolute Gasteiger partial charge is 0.348 e. The number of carbonyl (C=O) groups is 1. The zero-order chi connectivity index (χ0) is 21.1. The van der Waals surface area contributed by atoms with E-state index >= 15 is 0 Å². The van der Waals surface area contributed by atoms with Crippen LogP contribution in [0.2, 0.25) is 0 Å². The maximum atomic E-state index is 12.6. The molecule has 1 amide bonds. The van der Waals surface area contributed by atoms with Crippen LogP contribution in [0.25, 0.3) is 0 Å². The van der Waals surface area contributed by atoms with E-state index in [1.54, 1.807) is 24.3 Å². The van der Waals surface area contributed by atoms with E-state index in [0.717, 1.165) is 15.4 Å². The number of hydrogen-bond donors (Lipinski definition) is 1. The van der Waals surface area contributed by atoms with Gasteiger partial charge in [-0.3, -0.25) is 4.79 Å². The lowest BCUT2D eigenvalue weighted by atomic mass is 9.86. The third-order valence-corrected chi connectivity index (χ3v) is 6.57. The molecular weight excluding hydrogens is 372 g/mol. The van der Waals surface area contributed by atoms with Crippen molar-refractivity contribution in [3.8, 4) is 0 Å². The molecule has 152 valence electrons. The lowest BCUT2D eigenvalue weighted by molar-refractivity contribution is -0.121. The van der Waals surface area contributed by atoms with Gasteiger partial charge in [-0.1, -0.05) is 62.7 Å². The van der Waals surface area contributed by atoms with E-state index < -0.39 is 10.0 Å². The molecule has 28 heavy (non-hydrogen) atoms. The SMILES string of the molecule is Cc1ccc(S(=O)(=O)N(C)CC(=O)N[C@H](C)c2ccc(C(C)(C)C)cc2)cc1. The molecule has 1 atom stereocenters. The second kappa shape index (κ2) is 8.45. The molecule has 0 aliphatic carbocycles. The van der Waals surface area contributed by atoms with E-state index in [1.807, 2.05) is 26.0 Å². The van der Waals surface area contributed by atoms with Crippen LogP contribution in [0.3, 0.4) is 0 Å². The van der Waals surface area contributed by atoms with Crippen molar-refractivity contribution in [2.75, 3.05) is 13.6 Å². The fourth-order valence-electron chi connectivity index (χ4n) is 2.82. The normalized spacial score (nSPS) is 13.4. The monoisotopic (exact) mass is 402 g/mol. The van der Waals surface area contributed by atoms with E-state index in [-0.39, 0.29) is 28.8 Å². The first-order valence-corrected chi connectivity index (χ1v) is 10.8. The van der Waals surface area contributed by atoms with Crippen molar-refractivity contribution in [2.24, 2.45) is 0 Å². The van der Waals surface area contributed by atoms with Crippen LogP contribution in [0.4, 0.5) is 0 Å². The Balaban J connectivity index is 2.01. The predicted molar refractivity (Wildman–Crippen MR) is 113 cm³/mol. The van der Waals surface area contributed by atoms with E-state index in [0.29, 0.717) is 0 Å². The van der Waals surface area contributed by atoms with Crippen molar-refractivity contribution in [1.29, 1.82) is 0 Å². The van der Waals surface area contributed by atoms with Gasteiger partial charge < -0.3 is 5.32 Å². The average molecular weight is 403 g/mol. The fourth-order valence-corrected chi connectivity index (χ4v) is 3.95. The Morgan fingerprint density at radius 3 is 2.07 bits per heavy atom. The Labute approximate surface area is 168 Å². The molecule has 1 N–H and O–H groups in total. The molecule has 0 saturated carbocycles. The molecule has 0 radical (unpaired) electrons. The van der Waals surface area contributed by atoms with Gasteiger partial charge in [-0.25, -0.2) is 8.42 Å². The summed E-state index contributed by atoms with van der Waals surface area (Å²) in [5.41, 5.74) is 3.24. The Hall–Kier alpha value is -2.18. The summed E-state index contributed by atoms with van der Waals surface area (Å²) in [5, 5.41) is 2.87. The highest BCUT2D eigenvalue weighted by molar-refractivity contribution is 7.89. The number of nitrogens with one attached hydrogen (secondary N) is 1. The van der Waals surface area contributed by atoms with Crippen molar-refractivity contribution < 1.29 is 13.2 Å². The number of carbonyl (C=O) groups excluding carboxylic acids is 1. The maximum Gasteiger partial charge on any atom is 0.243 e. The summed E-state index contributed by atoms with van der Waals surface area (Å²) in [6, 6.07) is 14.5. The summed E-state index contributed by atoms with van der Waals surface area (Å²) in [6.45, 7) is 9.99. The van der Waals surface area contributed by atoms with Crippen LogP contribution >= 0.6 is 0 Å². The van der Waals surface area contributed by atoms with E-state index in [2.05, 4.69) is 38.2 Å². The van der Waals surface area contributed by atoms with Gasteiger partial charge in [0.05, 0.1) is 17.5 Å². The zero-order valence-electron chi connectivity index (χ0n) is 17.5. The molecule has 0 saturated heterocycles. The van der Waals surface area contributed by atoms with Crippen LogP contribution in [-0.4, -0.2) is 32.2 Å². The van der Waals surface area contributed by atoms with Crippen molar-refractivity contribution in [1.82, 2.24) is 9.62 Å². The molecule has 2 rings (SSSR count). The number of aryl methyl sites for hydroxylation is 1. The molecule has 0 aliphatic rings. The van der Waals surface area contributed by atoms with Crippen LogP contribution in [0.15, 0.2) is 53.4 Å². The van der Waals surface area contributed by atoms with Crippen LogP contribution in [0.1, 0.15) is 50.4 Å². The van der Waals surface area contributed by atoms with Crippen molar-refractivity contribution in [3.63, 3.8) is 0 Å². The number of hydrogen-bond acceptors (Lipinski definition) is 3. The summed E-state index contributed by atoms with van der Waals surface area (Å²) in [6.07, 6.45) is 0. The minimum atomic E-state index is -3.70. The quantitative estimate of drug-likeness (QED) is 0.799. The topological polar surface area (TPSA) is 66.5 Å². The summed E-state index contributed by atoms with van der Waals surface area (Å²) < 4.78 is 26.3. The molecule has 0 heterocycles. The minimum absolute atomic E-state index is 0.0675. The molecule has 2 aromatic carbocycles. The lowest BCUT2D eigenvalue weighted by Gasteiger charge is -2.22. The second-order valence-corrected chi connectivity index (χ2v) is 10.3. The first-order chi connectivity index (χ1) is 12.9.